The molecule has 1 saturated heterocycles. The lowest BCUT2D eigenvalue weighted by molar-refractivity contribution is -0.166. The van der Waals surface area contributed by atoms with Crippen LogP contribution in [0, 0.1) is 11.3 Å². The highest BCUT2D eigenvalue weighted by Gasteiger charge is 2.42. The molecule has 1 aromatic carbocycles. The first-order valence-corrected chi connectivity index (χ1v) is 12.0. The van der Waals surface area contributed by atoms with E-state index in [1.165, 1.54) is 7.11 Å². The van der Waals surface area contributed by atoms with E-state index in [2.05, 4.69) is 5.43 Å². The second kappa shape index (κ2) is 11.5. The summed E-state index contributed by atoms with van der Waals surface area (Å²) in [5.74, 6) is -0.442. The fraction of sp³-hybridized carbons (Fsp3) is 0.519. The van der Waals surface area contributed by atoms with Crippen molar-refractivity contribution >= 4 is 17.8 Å². The number of carbonyl (C=O) groups excluding carboxylic acids is 3. The van der Waals surface area contributed by atoms with Crippen molar-refractivity contribution in [2.24, 2.45) is 11.3 Å². The number of hydrazine groups is 1. The number of nitrogens with one attached hydrogen (secondary N) is 1. The Morgan fingerprint density at radius 3 is 2.37 bits per heavy atom. The van der Waals surface area contributed by atoms with Crippen LogP contribution in [0.3, 0.4) is 0 Å². The maximum Gasteiger partial charge on any atom is 0.317 e. The van der Waals surface area contributed by atoms with Crippen molar-refractivity contribution in [3.63, 3.8) is 0 Å². The number of esters is 2. The molecule has 1 aromatic rings. The van der Waals surface area contributed by atoms with Gasteiger partial charge in [0.25, 0.3) is 0 Å². The minimum atomic E-state index is -1.12. The smallest absolute Gasteiger partial charge is 0.317 e. The number of benzene rings is 1. The van der Waals surface area contributed by atoms with Crippen LogP contribution in [0.2, 0.25) is 0 Å². The molecule has 0 radical (unpaired) electrons. The Labute approximate surface area is 207 Å². The number of carbonyl (C=O) groups is 3. The number of rotatable bonds is 8. The zero-order chi connectivity index (χ0) is 25.5. The summed E-state index contributed by atoms with van der Waals surface area (Å²) >= 11 is 0. The highest BCUT2D eigenvalue weighted by Crippen LogP contribution is 2.37. The van der Waals surface area contributed by atoms with E-state index in [4.69, 9.17) is 14.2 Å². The molecule has 1 amide bonds. The minimum Gasteiger partial charge on any atom is -0.489 e. The first kappa shape index (κ1) is 26.5. The first-order chi connectivity index (χ1) is 16.6. The number of hydrogen-bond acceptors (Lipinski definition) is 7. The molecule has 1 N–H and O–H groups in total. The third-order valence-electron chi connectivity index (χ3n) is 6.08. The fourth-order valence-electron chi connectivity index (χ4n) is 4.14. The van der Waals surface area contributed by atoms with Gasteiger partial charge < -0.3 is 14.2 Å². The van der Waals surface area contributed by atoms with Gasteiger partial charge in [-0.1, -0.05) is 36.4 Å². The van der Waals surface area contributed by atoms with Crippen LogP contribution >= 0.6 is 0 Å². The van der Waals surface area contributed by atoms with Crippen molar-refractivity contribution in [1.82, 2.24) is 10.4 Å². The summed E-state index contributed by atoms with van der Waals surface area (Å²) in [6.45, 7) is 6.91. The predicted molar refractivity (Wildman–Crippen MR) is 130 cm³/mol. The van der Waals surface area contributed by atoms with E-state index in [9.17, 15) is 14.4 Å². The van der Waals surface area contributed by atoms with Crippen molar-refractivity contribution in [3.05, 3.63) is 59.9 Å². The predicted octanol–water partition coefficient (Wildman–Crippen LogP) is 3.68. The van der Waals surface area contributed by atoms with Crippen LogP contribution < -0.4 is 5.43 Å². The van der Waals surface area contributed by atoms with Crippen LogP contribution in [0.25, 0.3) is 0 Å². The van der Waals surface area contributed by atoms with Gasteiger partial charge in [0.15, 0.2) is 0 Å². The Balaban J connectivity index is 1.62. The van der Waals surface area contributed by atoms with Crippen LogP contribution in [0.1, 0.15) is 52.0 Å². The maximum absolute atomic E-state index is 13.2. The molecule has 1 heterocycles. The molecule has 0 bridgehead atoms. The van der Waals surface area contributed by atoms with E-state index in [0.29, 0.717) is 44.7 Å². The lowest BCUT2D eigenvalue weighted by Crippen LogP contribution is -2.49. The molecule has 8 nitrogen and oxygen atoms in total. The quantitative estimate of drug-likeness (QED) is 0.563. The van der Waals surface area contributed by atoms with Gasteiger partial charge in [-0.15, -0.1) is 0 Å². The highest BCUT2D eigenvalue weighted by molar-refractivity contribution is 5.88. The Bertz CT molecular complexity index is 958. The molecule has 0 aromatic heterocycles. The Morgan fingerprint density at radius 1 is 1.11 bits per heavy atom. The Kier molecular flexibility index (Phi) is 8.72. The highest BCUT2D eigenvalue weighted by atomic mass is 16.6. The molecule has 0 spiro atoms. The molecule has 35 heavy (non-hydrogen) atoms. The lowest BCUT2D eigenvalue weighted by Gasteiger charge is -2.35. The van der Waals surface area contributed by atoms with Crippen LogP contribution in [-0.2, 0) is 35.2 Å². The van der Waals surface area contributed by atoms with Gasteiger partial charge >= 0.3 is 11.9 Å². The molecule has 1 atom stereocenters. The molecule has 8 heteroatoms. The summed E-state index contributed by atoms with van der Waals surface area (Å²) in [4.78, 5) is 37.9. The van der Waals surface area contributed by atoms with Crippen molar-refractivity contribution in [2.45, 2.75) is 58.7 Å². The zero-order valence-corrected chi connectivity index (χ0v) is 21.0. The second-order valence-corrected chi connectivity index (χ2v) is 10.1. The SMILES string of the molecule is COC(=O)C1CCN(NC(=O)CC2(C(=O)OC(C)(C)C)C=CC(OCc3ccccc3)=CC2)CC1. The molecule has 1 unspecified atom stereocenters. The largest absolute Gasteiger partial charge is 0.489 e. The van der Waals surface area contributed by atoms with Crippen LogP contribution in [0.15, 0.2) is 54.3 Å². The molecular formula is C27H36N2O6. The summed E-state index contributed by atoms with van der Waals surface area (Å²) in [5, 5.41) is 1.79. The topological polar surface area (TPSA) is 94.2 Å². The van der Waals surface area contributed by atoms with E-state index >= 15 is 0 Å². The van der Waals surface area contributed by atoms with Crippen LogP contribution in [0.4, 0.5) is 0 Å². The van der Waals surface area contributed by atoms with Gasteiger partial charge in [0, 0.05) is 19.5 Å². The number of allylic oxidation sites excluding steroid dienone is 2. The molecule has 3 rings (SSSR count). The first-order valence-electron chi connectivity index (χ1n) is 12.0. The summed E-state index contributed by atoms with van der Waals surface area (Å²) in [6, 6.07) is 9.82. The Morgan fingerprint density at radius 2 is 1.80 bits per heavy atom. The van der Waals surface area contributed by atoms with Crippen LogP contribution in [-0.4, -0.2) is 48.7 Å². The van der Waals surface area contributed by atoms with Gasteiger partial charge in [-0.25, -0.2) is 5.01 Å². The number of piperidine rings is 1. The number of amides is 1. The van der Waals surface area contributed by atoms with Crippen molar-refractivity contribution in [1.29, 1.82) is 0 Å². The Hall–Kier alpha value is -3.13. The molecule has 2 aliphatic rings. The minimum absolute atomic E-state index is 0.0577. The van der Waals surface area contributed by atoms with Gasteiger partial charge in [0.2, 0.25) is 5.91 Å². The van der Waals surface area contributed by atoms with E-state index in [1.807, 2.05) is 36.4 Å². The zero-order valence-electron chi connectivity index (χ0n) is 21.0. The molecular weight excluding hydrogens is 448 g/mol. The molecule has 0 saturated carbocycles. The third kappa shape index (κ3) is 7.68. The standard InChI is InChI=1S/C27H36N2O6/c1-26(2,3)35-25(32)27(14-10-22(11-15-27)34-19-20-8-6-5-7-9-20)18-23(30)28-29-16-12-21(13-17-29)24(31)33-4/h5-11,14,21H,12-13,15-19H2,1-4H3,(H,28,30). The van der Waals surface area contributed by atoms with Gasteiger partial charge in [-0.05, 0) is 57.7 Å². The molecule has 1 aliphatic heterocycles. The number of methoxy groups -OCH3 is 1. The normalized spacial score (nSPS) is 21.1. The van der Waals surface area contributed by atoms with Gasteiger partial charge in [0.1, 0.15) is 18.0 Å². The molecule has 1 fully saturated rings. The third-order valence-corrected chi connectivity index (χ3v) is 6.08. The van der Waals surface area contributed by atoms with Crippen molar-refractivity contribution in [3.8, 4) is 0 Å². The lowest BCUT2D eigenvalue weighted by atomic mass is 9.78. The number of nitrogens with zero attached hydrogens (tertiary/aromatic N) is 1. The molecule has 1 aliphatic carbocycles. The average molecular weight is 485 g/mol. The van der Waals surface area contributed by atoms with E-state index in [1.54, 1.807) is 37.9 Å². The van der Waals surface area contributed by atoms with Gasteiger partial charge in [-0.3, -0.25) is 19.8 Å². The maximum atomic E-state index is 13.2. The van der Waals surface area contributed by atoms with E-state index < -0.39 is 17.0 Å². The number of hydrogen-bond donors (Lipinski definition) is 1. The van der Waals surface area contributed by atoms with E-state index in [0.717, 1.165) is 5.56 Å². The average Bonchev–Trinajstić information content (AvgIpc) is 2.83. The van der Waals surface area contributed by atoms with Crippen molar-refractivity contribution < 1.29 is 28.6 Å². The monoisotopic (exact) mass is 484 g/mol. The van der Waals surface area contributed by atoms with Gasteiger partial charge in [0.05, 0.1) is 18.4 Å². The summed E-state index contributed by atoms with van der Waals surface area (Å²) < 4.78 is 16.4. The summed E-state index contributed by atoms with van der Waals surface area (Å²) in [6.07, 6.45) is 6.75. The van der Waals surface area contributed by atoms with Crippen LogP contribution in [0.5, 0.6) is 0 Å². The summed E-state index contributed by atoms with van der Waals surface area (Å²) in [7, 11) is 1.39. The second-order valence-electron chi connectivity index (χ2n) is 10.1. The fourth-order valence-corrected chi connectivity index (χ4v) is 4.14. The van der Waals surface area contributed by atoms with Gasteiger partial charge in [-0.2, -0.15) is 0 Å². The summed E-state index contributed by atoms with van der Waals surface area (Å²) in [5.41, 5.74) is 2.13. The molecule has 190 valence electrons. The van der Waals surface area contributed by atoms with Crippen molar-refractivity contribution in [2.75, 3.05) is 20.2 Å². The number of ether oxygens (including phenoxy) is 3. The van der Waals surface area contributed by atoms with E-state index in [-0.39, 0.29) is 24.2 Å².